The van der Waals surface area contributed by atoms with Gasteiger partial charge in [0.2, 0.25) is 0 Å². The molecule has 0 aromatic heterocycles. The number of nitro benzene ring substituents is 1. The minimum Gasteiger partial charge on any atom is -0.478 e. The number of carboxylic acids is 1. The zero-order valence-electron chi connectivity index (χ0n) is 17.9. The van der Waals surface area contributed by atoms with Gasteiger partial charge in [0.15, 0.2) is 0 Å². The van der Waals surface area contributed by atoms with E-state index in [-0.39, 0.29) is 11.3 Å². The molecule has 4 rings (SSSR count). The van der Waals surface area contributed by atoms with Crippen LogP contribution in [0.5, 0.6) is 0 Å². The molecule has 0 amide bonds. The molecule has 9 heteroatoms. The maximum atomic E-state index is 11.4. The molecule has 0 atom stereocenters. The third-order valence-electron chi connectivity index (χ3n) is 5.61. The van der Waals surface area contributed by atoms with E-state index in [1.807, 2.05) is 0 Å². The van der Waals surface area contributed by atoms with E-state index in [1.54, 1.807) is 36.5 Å². The Morgan fingerprint density at radius 2 is 1.85 bits per heavy atom. The van der Waals surface area contributed by atoms with Gasteiger partial charge in [-0.15, -0.1) is 0 Å². The van der Waals surface area contributed by atoms with E-state index in [2.05, 4.69) is 21.5 Å². The first-order valence-electron chi connectivity index (χ1n) is 10.7. The Bertz CT molecular complexity index is 1130. The number of hydrogen-bond donors (Lipinski definition) is 2. The molecule has 1 heterocycles. The maximum absolute atomic E-state index is 11.4. The van der Waals surface area contributed by atoms with Crippen LogP contribution in [0.15, 0.2) is 70.5 Å². The quantitative estimate of drug-likeness (QED) is 0.371. The van der Waals surface area contributed by atoms with Crippen molar-refractivity contribution < 1.29 is 19.6 Å². The fourth-order valence-corrected chi connectivity index (χ4v) is 4.01. The largest absolute Gasteiger partial charge is 0.478 e. The van der Waals surface area contributed by atoms with Gasteiger partial charge in [0, 0.05) is 30.9 Å². The van der Waals surface area contributed by atoms with Gasteiger partial charge in [0.1, 0.15) is 0 Å². The molecule has 170 valence electrons. The number of rotatable bonds is 7. The van der Waals surface area contributed by atoms with E-state index in [0.717, 1.165) is 48.3 Å². The molecule has 0 unspecified atom stereocenters. The molecule has 0 saturated carbocycles. The Morgan fingerprint density at radius 1 is 1.12 bits per heavy atom. The summed E-state index contributed by atoms with van der Waals surface area (Å²) in [5, 5.41) is 24.6. The third-order valence-corrected chi connectivity index (χ3v) is 5.61. The third kappa shape index (κ3) is 5.27. The zero-order chi connectivity index (χ0) is 23.2. The molecular weight excluding hydrogens is 424 g/mol. The molecule has 1 aliphatic heterocycles. The summed E-state index contributed by atoms with van der Waals surface area (Å²) in [6, 6.07) is 13.1. The number of nitro groups is 1. The van der Waals surface area contributed by atoms with Crippen LogP contribution in [-0.4, -0.2) is 53.4 Å². The van der Waals surface area contributed by atoms with Gasteiger partial charge in [-0.3, -0.25) is 15.5 Å². The standard InChI is InChI=1S/C24H24N4O5/c29-24(30)21-3-1-2-4-22(21)26-25-16-19-8-7-18(23(19)27-11-13-33-14-12-27)15-17-5-9-20(10-6-17)28(31)32/h1-6,9-10,15-16,26H,7-8,11-14H2,(H,29,30)/b18-15-,25-16-. The lowest BCUT2D eigenvalue weighted by Crippen LogP contribution is -2.36. The number of para-hydroxylation sites is 1. The number of benzene rings is 2. The molecule has 9 nitrogen and oxygen atoms in total. The summed E-state index contributed by atoms with van der Waals surface area (Å²) in [6.45, 7) is 2.81. The molecule has 0 radical (unpaired) electrons. The Labute approximate surface area is 190 Å². The number of nitrogens with one attached hydrogen (secondary N) is 1. The number of hydrogen-bond acceptors (Lipinski definition) is 7. The van der Waals surface area contributed by atoms with Crippen molar-refractivity contribution in [2.45, 2.75) is 12.8 Å². The molecule has 1 saturated heterocycles. The van der Waals surface area contributed by atoms with E-state index in [4.69, 9.17) is 4.74 Å². The van der Waals surface area contributed by atoms with Crippen LogP contribution in [0.2, 0.25) is 0 Å². The highest BCUT2D eigenvalue weighted by atomic mass is 16.6. The first-order valence-corrected chi connectivity index (χ1v) is 10.7. The van der Waals surface area contributed by atoms with Gasteiger partial charge in [0.25, 0.3) is 5.69 Å². The molecule has 33 heavy (non-hydrogen) atoms. The number of allylic oxidation sites excluding steroid dienone is 2. The lowest BCUT2D eigenvalue weighted by Gasteiger charge is -2.31. The highest BCUT2D eigenvalue weighted by Crippen LogP contribution is 2.35. The maximum Gasteiger partial charge on any atom is 0.337 e. The zero-order valence-corrected chi connectivity index (χ0v) is 17.9. The molecule has 1 fully saturated rings. The average Bonchev–Trinajstić information content (AvgIpc) is 3.22. The summed E-state index contributed by atoms with van der Waals surface area (Å²) < 4.78 is 5.51. The van der Waals surface area contributed by atoms with Gasteiger partial charge in [0.05, 0.1) is 35.6 Å². The summed E-state index contributed by atoms with van der Waals surface area (Å²) in [5.41, 5.74) is 7.67. The molecule has 0 bridgehead atoms. The van der Waals surface area contributed by atoms with Crippen molar-refractivity contribution in [2.24, 2.45) is 5.10 Å². The number of nitrogens with zero attached hydrogens (tertiary/aromatic N) is 3. The fourth-order valence-electron chi connectivity index (χ4n) is 4.01. The van der Waals surface area contributed by atoms with Crippen LogP contribution in [-0.2, 0) is 4.74 Å². The highest BCUT2D eigenvalue weighted by Gasteiger charge is 2.25. The Morgan fingerprint density at radius 3 is 2.55 bits per heavy atom. The molecule has 2 aromatic rings. The van der Waals surface area contributed by atoms with Crippen molar-refractivity contribution >= 4 is 29.6 Å². The number of non-ortho nitro benzene ring substituents is 1. The SMILES string of the molecule is O=C(O)c1ccccc1N/N=C\C1=C(N2CCOCC2)C(=C\c2ccc([N+](=O)[O-])cc2)/CC1. The summed E-state index contributed by atoms with van der Waals surface area (Å²) in [5.74, 6) is -1.02. The van der Waals surface area contributed by atoms with E-state index >= 15 is 0 Å². The molecular formula is C24H24N4O5. The molecule has 0 spiro atoms. The minimum atomic E-state index is -1.02. The first-order chi connectivity index (χ1) is 16.0. The summed E-state index contributed by atoms with van der Waals surface area (Å²) in [7, 11) is 0. The summed E-state index contributed by atoms with van der Waals surface area (Å²) >= 11 is 0. The van der Waals surface area contributed by atoms with Crippen molar-refractivity contribution in [3.8, 4) is 0 Å². The van der Waals surface area contributed by atoms with E-state index in [9.17, 15) is 20.0 Å². The average molecular weight is 448 g/mol. The van der Waals surface area contributed by atoms with Crippen LogP contribution in [0, 0.1) is 10.1 Å². The van der Waals surface area contributed by atoms with Crippen LogP contribution in [0.25, 0.3) is 6.08 Å². The number of carbonyl (C=O) groups is 1. The Kier molecular flexibility index (Phi) is 6.80. The predicted octanol–water partition coefficient (Wildman–Crippen LogP) is 4.15. The molecule has 2 N–H and O–H groups in total. The summed E-state index contributed by atoms with van der Waals surface area (Å²) in [6.07, 6.45) is 5.41. The van der Waals surface area contributed by atoms with Crippen molar-refractivity contribution in [1.29, 1.82) is 0 Å². The number of aromatic carboxylic acids is 1. The number of anilines is 1. The predicted molar refractivity (Wildman–Crippen MR) is 125 cm³/mol. The van der Waals surface area contributed by atoms with Crippen LogP contribution in [0.3, 0.4) is 0 Å². The van der Waals surface area contributed by atoms with Gasteiger partial charge in [-0.2, -0.15) is 5.10 Å². The smallest absolute Gasteiger partial charge is 0.337 e. The Balaban J connectivity index is 1.61. The second-order valence-electron chi connectivity index (χ2n) is 7.71. The molecule has 1 aliphatic carbocycles. The first kappa shape index (κ1) is 22.2. The monoisotopic (exact) mass is 448 g/mol. The second kappa shape index (κ2) is 10.1. The van der Waals surface area contributed by atoms with Gasteiger partial charge in [-0.1, -0.05) is 12.1 Å². The van der Waals surface area contributed by atoms with E-state index in [1.165, 1.54) is 18.2 Å². The van der Waals surface area contributed by atoms with Gasteiger partial charge >= 0.3 is 5.97 Å². The molecule has 2 aromatic carbocycles. The lowest BCUT2D eigenvalue weighted by molar-refractivity contribution is -0.384. The Hall–Kier alpha value is -3.98. The number of carboxylic acid groups (broad SMARTS) is 1. The van der Waals surface area contributed by atoms with Crippen LogP contribution < -0.4 is 5.43 Å². The van der Waals surface area contributed by atoms with E-state index in [0.29, 0.717) is 18.9 Å². The van der Waals surface area contributed by atoms with Gasteiger partial charge < -0.3 is 14.7 Å². The van der Waals surface area contributed by atoms with Crippen molar-refractivity contribution in [3.63, 3.8) is 0 Å². The highest BCUT2D eigenvalue weighted by molar-refractivity contribution is 5.94. The second-order valence-corrected chi connectivity index (χ2v) is 7.71. The normalized spacial score (nSPS) is 17.7. The van der Waals surface area contributed by atoms with Crippen molar-refractivity contribution in [2.75, 3.05) is 31.7 Å². The fraction of sp³-hybridized carbons (Fsp3) is 0.250. The van der Waals surface area contributed by atoms with Crippen molar-refractivity contribution in [1.82, 2.24) is 4.90 Å². The van der Waals surface area contributed by atoms with E-state index < -0.39 is 10.9 Å². The molecule has 2 aliphatic rings. The van der Waals surface area contributed by atoms with Crippen LogP contribution >= 0.6 is 0 Å². The minimum absolute atomic E-state index is 0.0630. The van der Waals surface area contributed by atoms with Crippen LogP contribution in [0.1, 0.15) is 28.8 Å². The van der Waals surface area contributed by atoms with Crippen LogP contribution in [0.4, 0.5) is 11.4 Å². The van der Waals surface area contributed by atoms with Gasteiger partial charge in [-0.25, -0.2) is 4.79 Å². The van der Waals surface area contributed by atoms with Gasteiger partial charge in [-0.05, 0) is 59.9 Å². The topological polar surface area (TPSA) is 117 Å². The number of ether oxygens (including phenoxy) is 1. The van der Waals surface area contributed by atoms with Crippen molar-refractivity contribution in [3.05, 3.63) is 86.6 Å². The lowest BCUT2D eigenvalue weighted by atomic mass is 10.1. The number of hydrazone groups is 1. The summed E-state index contributed by atoms with van der Waals surface area (Å²) in [4.78, 5) is 24.2. The number of morpholine rings is 1.